The van der Waals surface area contributed by atoms with E-state index in [9.17, 15) is 28.1 Å². The number of imidazole rings is 1. The van der Waals surface area contributed by atoms with Crippen LogP contribution in [-0.4, -0.2) is 79.8 Å². The Bertz CT molecular complexity index is 1160. The lowest BCUT2D eigenvalue weighted by Crippen LogP contribution is -2.31. The molecule has 16 heteroatoms. The average molecular weight is 512 g/mol. The molecule has 2 aromatic rings. The summed E-state index contributed by atoms with van der Waals surface area (Å²) in [6, 6.07) is 1.84. The van der Waals surface area contributed by atoms with Gasteiger partial charge in [0.25, 0.3) is 5.92 Å². The van der Waals surface area contributed by atoms with E-state index in [1.54, 1.807) is 0 Å². The molecule has 0 aromatic carbocycles. The molecule has 2 saturated heterocycles. The summed E-state index contributed by atoms with van der Waals surface area (Å²) in [4.78, 5) is 27.2. The van der Waals surface area contributed by atoms with Gasteiger partial charge < -0.3 is 29.3 Å². The fraction of sp³-hybridized carbons (Fsp3) is 0.588. The third-order valence-electron chi connectivity index (χ3n) is 5.35. The van der Waals surface area contributed by atoms with Crippen LogP contribution in [0.25, 0.3) is 11.2 Å². The average Bonchev–Trinajstić information content (AvgIpc) is 3.37. The number of fused-ring (bicyclic) bond motifs is 1. The number of aliphatic hydroxyl groups is 1. The number of halogens is 4. The van der Waals surface area contributed by atoms with E-state index in [-0.39, 0.29) is 34.1 Å². The SMILES string of the molecule is N#Cc1c(Cl)nc2c(ncn2[C@@H]2O[C@H](COCP(=O)(O)O)[C@@H](O)[C@@H]2F)c1N1CCC(F)(F)C1. The third-order valence-corrected chi connectivity index (χ3v) is 6.14. The molecule has 0 unspecified atom stereocenters. The first kappa shape index (κ1) is 24.2. The van der Waals surface area contributed by atoms with Gasteiger partial charge in [-0.15, -0.1) is 0 Å². The highest BCUT2D eigenvalue weighted by molar-refractivity contribution is 7.51. The van der Waals surface area contributed by atoms with Crippen LogP contribution in [0, 0.1) is 11.3 Å². The van der Waals surface area contributed by atoms with E-state index in [2.05, 4.69) is 9.97 Å². The minimum absolute atomic E-state index is 0.0279. The highest BCUT2D eigenvalue weighted by Gasteiger charge is 2.46. The zero-order valence-corrected chi connectivity index (χ0v) is 18.3. The summed E-state index contributed by atoms with van der Waals surface area (Å²) < 4.78 is 64.8. The van der Waals surface area contributed by atoms with E-state index >= 15 is 0 Å². The number of rotatable bonds is 6. The maximum absolute atomic E-state index is 14.9. The number of aromatic nitrogens is 3. The van der Waals surface area contributed by atoms with E-state index in [0.29, 0.717) is 0 Å². The quantitative estimate of drug-likeness (QED) is 0.384. The number of alkyl halides is 3. The molecule has 4 heterocycles. The van der Waals surface area contributed by atoms with Crippen molar-refractivity contribution >= 4 is 36.0 Å². The Kier molecular flexibility index (Phi) is 6.34. The van der Waals surface area contributed by atoms with Gasteiger partial charge in [-0.05, 0) is 0 Å². The molecule has 33 heavy (non-hydrogen) atoms. The fourth-order valence-corrected chi connectivity index (χ4v) is 4.43. The summed E-state index contributed by atoms with van der Waals surface area (Å²) in [5.74, 6) is -2.97. The molecule has 4 atom stereocenters. The standard InChI is InChI=1S/C17H18ClF3N5O6P/c18-14-8(3-22)12(25-2-1-17(20,21)5-25)11-15(24-14)26(6-23-11)16-10(19)13(27)9(32-16)4-31-7-33(28,29)30/h6,9-10,13,16,27H,1-2,4-5,7H2,(H2,28,29,30)/t9-,10+,13-,16-/m1/s1. The first-order valence-electron chi connectivity index (χ1n) is 9.60. The molecule has 180 valence electrons. The Morgan fingerprint density at radius 3 is 2.79 bits per heavy atom. The molecular formula is C17H18ClF3N5O6P. The van der Waals surface area contributed by atoms with Crippen LogP contribution < -0.4 is 4.90 Å². The second-order valence-electron chi connectivity index (χ2n) is 7.75. The first-order valence-corrected chi connectivity index (χ1v) is 11.8. The summed E-state index contributed by atoms with van der Waals surface area (Å²) in [6.07, 6.45) is -6.70. The summed E-state index contributed by atoms with van der Waals surface area (Å²) in [5.41, 5.74) is -0.139. The van der Waals surface area contributed by atoms with Crippen LogP contribution in [0.5, 0.6) is 0 Å². The van der Waals surface area contributed by atoms with Crippen molar-refractivity contribution in [2.75, 3.05) is 30.9 Å². The topological polar surface area (TPSA) is 154 Å². The maximum atomic E-state index is 14.9. The van der Waals surface area contributed by atoms with Crippen LogP contribution in [0.4, 0.5) is 18.9 Å². The smallest absolute Gasteiger partial charge is 0.350 e. The molecular weight excluding hydrogens is 494 g/mol. The lowest BCUT2D eigenvalue weighted by Gasteiger charge is -2.21. The lowest BCUT2D eigenvalue weighted by molar-refractivity contribution is -0.0581. The van der Waals surface area contributed by atoms with Gasteiger partial charge in [0.05, 0.1) is 25.2 Å². The normalized spacial score (nSPS) is 27.4. The molecule has 11 nitrogen and oxygen atoms in total. The molecule has 2 aliphatic rings. The molecule has 0 amide bonds. The Morgan fingerprint density at radius 1 is 1.45 bits per heavy atom. The number of nitriles is 1. The van der Waals surface area contributed by atoms with Gasteiger partial charge in [-0.2, -0.15) is 5.26 Å². The van der Waals surface area contributed by atoms with E-state index < -0.39 is 64.0 Å². The highest BCUT2D eigenvalue weighted by atomic mass is 35.5. The number of ether oxygens (including phenoxy) is 2. The second-order valence-corrected chi connectivity index (χ2v) is 9.70. The zero-order valence-electron chi connectivity index (χ0n) is 16.7. The van der Waals surface area contributed by atoms with Crippen molar-refractivity contribution in [3.63, 3.8) is 0 Å². The summed E-state index contributed by atoms with van der Waals surface area (Å²) in [7, 11) is -4.47. The molecule has 0 bridgehead atoms. The summed E-state index contributed by atoms with van der Waals surface area (Å²) in [6.45, 7) is -1.22. The molecule has 2 fully saturated rings. The minimum atomic E-state index is -4.47. The molecule has 2 aliphatic heterocycles. The number of anilines is 1. The van der Waals surface area contributed by atoms with Gasteiger partial charge in [0.15, 0.2) is 23.2 Å². The van der Waals surface area contributed by atoms with Crippen molar-refractivity contribution in [1.29, 1.82) is 5.26 Å². The first-order chi connectivity index (χ1) is 15.4. The maximum Gasteiger partial charge on any atom is 0.350 e. The molecule has 2 aromatic heterocycles. The number of aliphatic hydroxyl groups excluding tert-OH is 1. The van der Waals surface area contributed by atoms with Gasteiger partial charge in [0.2, 0.25) is 0 Å². The largest absolute Gasteiger partial charge is 0.387 e. The predicted octanol–water partition coefficient (Wildman–Crippen LogP) is 1.55. The van der Waals surface area contributed by atoms with Crippen LogP contribution in [0.1, 0.15) is 18.2 Å². The molecule has 0 spiro atoms. The molecule has 0 radical (unpaired) electrons. The number of hydrogen-bond acceptors (Lipinski definition) is 8. The zero-order chi connectivity index (χ0) is 24.1. The monoisotopic (exact) mass is 511 g/mol. The summed E-state index contributed by atoms with van der Waals surface area (Å²) in [5, 5.41) is 19.4. The number of pyridine rings is 1. The molecule has 4 rings (SSSR count). The minimum Gasteiger partial charge on any atom is -0.387 e. The van der Waals surface area contributed by atoms with Crippen LogP contribution in [0.3, 0.4) is 0 Å². The van der Waals surface area contributed by atoms with Crippen LogP contribution in [0.2, 0.25) is 5.15 Å². The highest BCUT2D eigenvalue weighted by Crippen LogP contribution is 2.41. The van der Waals surface area contributed by atoms with Crippen molar-refractivity contribution in [3.05, 3.63) is 17.0 Å². The van der Waals surface area contributed by atoms with Gasteiger partial charge >= 0.3 is 7.60 Å². The Labute approximate surface area is 189 Å². The van der Waals surface area contributed by atoms with Crippen LogP contribution in [-0.2, 0) is 14.0 Å². The lowest BCUT2D eigenvalue weighted by atomic mass is 10.1. The van der Waals surface area contributed by atoms with Gasteiger partial charge in [0.1, 0.15) is 35.7 Å². The summed E-state index contributed by atoms with van der Waals surface area (Å²) >= 11 is 6.13. The fourth-order valence-electron chi connectivity index (χ4n) is 3.87. The van der Waals surface area contributed by atoms with Crippen molar-refractivity contribution < 1.29 is 42.1 Å². The van der Waals surface area contributed by atoms with Crippen molar-refractivity contribution in [2.45, 2.75) is 37.0 Å². The van der Waals surface area contributed by atoms with Gasteiger partial charge in [-0.3, -0.25) is 9.13 Å². The van der Waals surface area contributed by atoms with Crippen LogP contribution >= 0.6 is 19.2 Å². The number of hydrogen-bond donors (Lipinski definition) is 3. The van der Waals surface area contributed by atoms with Crippen molar-refractivity contribution in [2.24, 2.45) is 0 Å². The van der Waals surface area contributed by atoms with Crippen LogP contribution in [0.15, 0.2) is 6.33 Å². The van der Waals surface area contributed by atoms with E-state index in [1.165, 1.54) is 4.90 Å². The number of nitrogens with zero attached hydrogens (tertiary/aromatic N) is 5. The molecule has 3 N–H and O–H groups in total. The third kappa shape index (κ3) is 4.67. The Hall–Kier alpha value is -1.98. The van der Waals surface area contributed by atoms with Gasteiger partial charge in [-0.1, -0.05) is 11.6 Å². The van der Waals surface area contributed by atoms with E-state index in [0.717, 1.165) is 10.9 Å². The Balaban J connectivity index is 1.67. The molecule has 0 saturated carbocycles. The van der Waals surface area contributed by atoms with Crippen molar-refractivity contribution in [1.82, 2.24) is 14.5 Å². The van der Waals surface area contributed by atoms with Gasteiger partial charge in [0, 0.05) is 13.0 Å². The van der Waals surface area contributed by atoms with Gasteiger partial charge in [-0.25, -0.2) is 23.1 Å². The molecule has 0 aliphatic carbocycles. The Morgan fingerprint density at radius 2 is 2.18 bits per heavy atom. The van der Waals surface area contributed by atoms with E-state index in [1.807, 2.05) is 6.07 Å². The van der Waals surface area contributed by atoms with E-state index in [4.69, 9.17) is 30.9 Å². The second kappa shape index (κ2) is 8.66. The van der Waals surface area contributed by atoms with Crippen molar-refractivity contribution in [3.8, 4) is 6.07 Å². The predicted molar refractivity (Wildman–Crippen MR) is 107 cm³/mol.